The van der Waals surface area contributed by atoms with E-state index in [1.54, 1.807) is 62.4 Å². The number of aryl methyl sites for hydroxylation is 1. The first kappa shape index (κ1) is 20.6. The molecule has 0 aliphatic carbocycles. The van der Waals surface area contributed by atoms with Gasteiger partial charge in [-0.05, 0) is 25.5 Å². The molecule has 7 heteroatoms. The van der Waals surface area contributed by atoms with Crippen molar-refractivity contribution in [2.45, 2.75) is 20.0 Å². The van der Waals surface area contributed by atoms with Crippen LogP contribution in [0.15, 0.2) is 72.8 Å². The summed E-state index contributed by atoms with van der Waals surface area (Å²) in [5.74, 6) is -1.40. The van der Waals surface area contributed by atoms with Crippen molar-refractivity contribution < 1.29 is 19.2 Å². The zero-order valence-electron chi connectivity index (χ0n) is 15.5. The lowest BCUT2D eigenvalue weighted by Gasteiger charge is -2.17. The summed E-state index contributed by atoms with van der Waals surface area (Å²) in [5, 5.41) is 13.8. The predicted octanol–water partition coefficient (Wildman–Crippen LogP) is 4.26. The minimum atomic E-state index is -1.26. The van der Waals surface area contributed by atoms with Crippen molar-refractivity contribution in [3.8, 4) is 0 Å². The van der Waals surface area contributed by atoms with Crippen LogP contribution in [0.2, 0.25) is 0 Å². The van der Waals surface area contributed by atoms with Crippen LogP contribution in [0.25, 0.3) is 0 Å². The standard InChI is InChI=1S/C21H20N2O5/c1-3-4-6-11-19(24)28-20(16-9-7-5-8-10-16)21(25)22-17-13-12-15(2)14-18(17)23(26)27/h3-14,20H,1-2H3,(H,22,25)/b4-3+,11-6+. The molecule has 2 aromatic carbocycles. The molecule has 0 aliphatic heterocycles. The minimum Gasteiger partial charge on any atom is -0.444 e. The van der Waals surface area contributed by atoms with Crippen LogP contribution in [0.4, 0.5) is 11.4 Å². The van der Waals surface area contributed by atoms with Crippen LogP contribution in [-0.2, 0) is 14.3 Å². The number of nitro benzene ring substituents is 1. The number of rotatable bonds is 7. The molecule has 1 N–H and O–H groups in total. The Morgan fingerprint density at radius 3 is 2.50 bits per heavy atom. The van der Waals surface area contributed by atoms with Crippen molar-refractivity contribution in [1.82, 2.24) is 0 Å². The van der Waals surface area contributed by atoms with Gasteiger partial charge in [-0.25, -0.2) is 4.79 Å². The second-order valence-electron chi connectivity index (χ2n) is 5.88. The second-order valence-corrected chi connectivity index (χ2v) is 5.88. The van der Waals surface area contributed by atoms with Crippen molar-refractivity contribution in [3.63, 3.8) is 0 Å². The van der Waals surface area contributed by atoms with E-state index in [1.807, 2.05) is 0 Å². The largest absolute Gasteiger partial charge is 0.444 e. The monoisotopic (exact) mass is 380 g/mol. The van der Waals surface area contributed by atoms with Gasteiger partial charge >= 0.3 is 5.97 Å². The van der Waals surface area contributed by atoms with Gasteiger partial charge in [0.15, 0.2) is 0 Å². The number of carbonyl (C=O) groups excluding carboxylic acids is 2. The first-order chi connectivity index (χ1) is 13.4. The van der Waals surface area contributed by atoms with Gasteiger partial charge in [-0.3, -0.25) is 14.9 Å². The predicted molar refractivity (Wildman–Crippen MR) is 106 cm³/mol. The fraction of sp³-hybridized carbons (Fsp3) is 0.143. The van der Waals surface area contributed by atoms with E-state index < -0.39 is 22.9 Å². The number of hydrogen-bond donors (Lipinski definition) is 1. The molecule has 2 rings (SSSR count). The Kier molecular flexibility index (Phi) is 7.21. The number of nitrogens with zero attached hydrogens (tertiary/aromatic N) is 1. The Labute approximate surface area is 162 Å². The number of amides is 1. The SMILES string of the molecule is C/C=C/C=C/C(=O)OC(C(=O)Nc1ccc(C)cc1[N+](=O)[O-])c1ccccc1. The van der Waals surface area contributed by atoms with Gasteiger partial charge in [-0.2, -0.15) is 0 Å². The average molecular weight is 380 g/mol. The van der Waals surface area contributed by atoms with E-state index in [2.05, 4.69) is 5.32 Å². The maximum atomic E-state index is 12.8. The maximum Gasteiger partial charge on any atom is 0.331 e. The number of nitro groups is 1. The van der Waals surface area contributed by atoms with Gasteiger partial charge in [0.05, 0.1) is 4.92 Å². The summed E-state index contributed by atoms with van der Waals surface area (Å²) in [4.78, 5) is 35.5. The molecule has 0 heterocycles. The number of carbonyl (C=O) groups is 2. The zero-order chi connectivity index (χ0) is 20.5. The molecule has 1 atom stereocenters. The maximum absolute atomic E-state index is 12.8. The Hall–Kier alpha value is -3.74. The molecule has 0 aromatic heterocycles. The number of ether oxygens (including phenoxy) is 1. The van der Waals surface area contributed by atoms with E-state index in [0.29, 0.717) is 11.1 Å². The first-order valence-electron chi connectivity index (χ1n) is 8.53. The molecule has 0 radical (unpaired) electrons. The van der Waals surface area contributed by atoms with E-state index in [1.165, 1.54) is 24.3 Å². The van der Waals surface area contributed by atoms with Crippen molar-refractivity contribution in [2.24, 2.45) is 0 Å². The summed E-state index contributed by atoms with van der Waals surface area (Å²) in [6.07, 6.45) is 4.81. The molecule has 28 heavy (non-hydrogen) atoms. The zero-order valence-corrected chi connectivity index (χ0v) is 15.5. The fourth-order valence-corrected chi connectivity index (χ4v) is 2.40. The highest BCUT2D eigenvalue weighted by Gasteiger charge is 2.26. The third kappa shape index (κ3) is 5.63. The van der Waals surface area contributed by atoms with E-state index in [9.17, 15) is 19.7 Å². The lowest BCUT2D eigenvalue weighted by molar-refractivity contribution is -0.384. The number of allylic oxidation sites excluding steroid dienone is 3. The summed E-state index contributed by atoms with van der Waals surface area (Å²) in [6, 6.07) is 12.9. The molecule has 0 bridgehead atoms. The number of esters is 1. The quantitative estimate of drug-likeness (QED) is 0.254. The average Bonchev–Trinajstić information content (AvgIpc) is 2.68. The van der Waals surface area contributed by atoms with Crippen molar-refractivity contribution >= 4 is 23.3 Å². The lowest BCUT2D eigenvalue weighted by Crippen LogP contribution is -2.25. The lowest BCUT2D eigenvalue weighted by atomic mass is 10.1. The van der Waals surface area contributed by atoms with E-state index in [-0.39, 0.29) is 11.4 Å². The summed E-state index contributed by atoms with van der Waals surface area (Å²) in [7, 11) is 0. The summed E-state index contributed by atoms with van der Waals surface area (Å²) in [6.45, 7) is 3.51. The molecule has 0 saturated heterocycles. The molecule has 7 nitrogen and oxygen atoms in total. The highest BCUT2D eigenvalue weighted by molar-refractivity contribution is 5.98. The topological polar surface area (TPSA) is 98.5 Å². The van der Waals surface area contributed by atoms with Gasteiger partial charge in [0.2, 0.25) is 6.10 Å². The summed E-state index contributed by atoms with van der Waals surface area (Å²) in [5.41, 5.74) is 0.925. The third-order valence-corrected chi connectivity index (χ3v) is 3.72. The normalized spacial score (nSPS) is 12.1. The summed E-state index contributed by atoms with van der Waals surface area (Å²) >= 11 is 0. The molecule has 144 valence electrons. The molecule has 0 fully saturated rings. The number of hydrogen-bond acceptors (Lipinski definition) is 5. The van der Waals surface area contributed by atoms with Crippen LogP contribution < -0.4 is 5.32 Å². The van der Waals surface area contributed by atoms with Crippen molar-refractivity contribution in [2.75, 3.05) is 5.32 Å². The van der Waals surface area contributed by atoms with Gasteiger partial charge in [0, 0.05) is 17.7 Å². The van der Waals surface area contributed by atoms with Crippen molar-refractivity contribution in [3.05, 3.63) is 94.1 Å². The van der Waals surface area contributed by atoms with Crippen LogP contribution in [0.3, 0.4) is 0 Å². The van der Waals surface area contributed by atoms with Gasteiger partial charge in [0.25, 0.3) is 11.6 Å². The van der Waals surface area contributed by atoms with Crippen LogP contribution in [-0.4, -0.2) is 16.8 Å². The van der Waals surface area contributed by atoms with Crippen LogP contribution in [0.1, 0.15) is 24.2 Å². The summed E-state index contributed by atoms with van der Waals surface area (Å²) < 4.78 is 5.30. The Balaban J connectivity index is 2.30. The molecule has 2 aromatic rings. The van der Waals surface area contributed by atoms with Crippen LogP contribution >= 0.6 is 0 Å². The highest BCUT2D eigenvalue weighted by Crippen LogP contribution is 2.27. The van der Waals surface area contributed by atoms with Gasteiger partial charge in [0.1, 0.15) is 5.69 Å². The Morgan fingerprint density at radius 1 is 1.14 bits per heavy atom. The van der Waals surface area contributed by atoms with Gasteiger partial charge < -0.3 is 10.1 Å². The number of benzene rings is 2. The second kappa shape index (κ2) is 9.82. The molecule has 0 saturated carbocycles. The Morgan fingerprint density at radius 2 is 1.86 bits per heavy atom. The van der Waals surface area contributed by atoms with Crippen LogP contribution in [0, 0.1) is 17.0 Å². The molecular weight excluding hydrogens is 360 g/mol. The van der Waals surface area contributed by atoms with Gasteiger partial charge in [-0.1, -0.05) is 54.6 Å². The number of nitrogens with one attached hydrogen (secondary N) is 1. The molecule has 0 spiro atoms. The smallest absolute Gasteiger partial charge is 0.331 e. The van der Waals surface area contributed by atoms with E-state index in [4.69, 9.17) is 4.74 Å². The highest BCUT2D eigenvalue weighted by atomic mass is 16.6. The fourth-order valence-electron chi connectivity index (χ4n) is 2.40. The van der Waals surface area contributed by atoms with Crippen LogP contribution in [0.5, 0.6) is 0 Å². The first-order valence-corrected chi connectivity index (χ1v) is 8.53. The molecular formula is C21H20N2O5. The van der Waals surface area contributed by atoms with E-state index >= 15 is 0 Å². The van der Waals surface area contributed by atoms with E-state index in [0.717, 1.165) is 0 Å². The minimum absolute atomic E-state index is 0.0297. The third-order valence-electron chi connectivity index (χ3n) is 3.72. The molecule has 1 unspecified atom stereocenters. The molecule has 0 aliphatic rings. The van der Waals surface area contributed by atoms with Crippen molar-refractivity contribution in [1.29, 1.82) is 0 Å². The Bertz CT molecular complexity index is 920. The van der Waals surface area contributed by atoms with Gasteiger partial charge in [-0.15, -0.1) is 0 Å². The molecule has 1 amide bonds. The number of anilines is 1.